The molecule has 2 aliphatic rings. The summed E-state index contributed by atoms with van der Waals surface area (Å²) >= 11 is 5.56. The number of carbonyl (C=O) groups excluding carboxylic acids is 2. The van der Waals surface area contributed by atoms with Gasteiger partial charge in [0.1, 0.15) is 6.07 Å². The summed E-state index contributed by atoms with van der Waals surface area (Å²) in [5, 5.41) is 8.67. The number of nitrogens with two attached hydrogens (primary N) is 2. The molecular weight excluding hydrogens is 402 g/mol. The van der Waals surface area contributed by atoms with E-state index in [-0.39, 0.29) is 11.6 Å². The molecule has 2 amide bonds. The summed E-state index contributed by atoms with van der Waals surface area (Å²) in [6, 6.07) is 9.05. The van der Waals surface area contributed by atoms with Crippen LogP contribution in [0, 0.1) is 23.2 Å². The quantitative estimate of drug-likeness (QED) is 0.763. The normalized spacial score (nSPS) is 19.7. The number of primary amides is 1. The Labute approximate surface area is 180 Å². The molecule has 156 valence electrons. The lowest BCUT2D eigenvalue weighted by Crippen LogP contribution is -2.48. The molecule has 7 nitrogen and oxygen atoms in total. The maximum Gasteiger partial charge on any atom is 0.248 e. The van der Waals surface area contributed by atoms with E-state index in [4.69, 9.17) is 28.3 Å². The molecule has 4 rings (SSSR count). The molecule has 8 heteroatoms. The van der Waals surface area contributed by atoms with Crippen molar-refractivity contribution in [1.82, 2.24) is 4.98 Å². The van der Waals surface area contributed by atoms with Crippen LogP contribution in [0.2, 0.25) is 5.02 Å². The highest BCUT2D eigenvalue weighted by Crippen LogP contribution is 2.45. The maximum atomic E-state index is 12.1. The van der Waals surface area contributed by atoms with Gasteiger partial charge in [-0.15, -0.1) is 0 Å². The van der Waals surface area contributed by atoms with E-state index < -0.39 is 5.91 Å². The van der Waals surface area contributed by atoms with Gasteiger partial charge in [-0.2, -0.15) is 5.26 Å². The van der Waals surface area contributed by atoms with Crippen LogP contribution in [0.4, 0.5) is 11.4 Å². The van der Waals surface area contributed by atoms with Gasteiger partial charge in [-0.1, -0.05) is 18.5 Å². The standard InChI is InChI=1S/C16H20N2O2.C6H4ClN3/c1-9-7-13-8-12(16(17)20)5-6-14(13)18(10(2)19)15(9)11-3-4-11;7-5-1-4(9)3-10-6(5)2-8/h5-6,8-9,11,15H,3-4,7H2,1-2H3,(H2,17,20);1,3H,9H2/t9?,15-;/m1./s1. The Hall–Kier alpha value is -3.11. The number of fused-ring (bicyclic) bond motifs is 1. The van der Waals surface area contributed by atoms with E-state index in [1.807, 2.05) is 23.1 Å². The second-order valence-corrected chi connectivity index (χ2v) is 8.22. The van der Waals surface area contributed by atoms with Gasteiger partial charge in [-0.3, -0.25) is 9.59 Å². The maximum absolute atomic E-state index is 12.1. The molecule has 1 aromatic carbocycles. The van der Waals surface area contributed by atoms with Crippen molar-refractivity contribution in [2.75, 3.05) is 10.6 Å². The first kappa shape index (κ1) is 21.6. The molecule has 2 heterocycles. The van der Waals surface area contributed by atoms with Gasteiger partial charge in [0.15, 0.2) is 5.69 Å². The first-order chi connectivity index (χ1) is 14.2. The van der Waals surface area contributed by atoms with Crippen LogP contribution in [0.5, 0.6) is 0 Å². The number of rotatable bonds is 2. The van der Waals surface area contributed by atoms with Crippen molar-refractivity contribution >= 4 is 34.8 Å². The number of hydrogen-bond acceptors (Lipinski definition) is 5. The van der Waals surface area contributed by atoms with Gasteiger partial charge >= 0.3 is 0 Å². The van der Waals surface area contributed by atoms with Crippen molar-refractivity contribution in [3.63, 3.8) is 0 Å². The summed E-state index contributed by atoms with van der Waals surface area (Å²) in [5.41, 5.74) is 13.9. The average molecular weight is 426 g/mol. The number of pyridine rings is 1. The number of anilines is 2. The Balaban J connectivity index is 0.000000216. The molecule has 0 radical (unpaired) electrons. The molecule has 1 aliphatic heterocycles. The summed E-state index contributed by atoms with van der Waals surface area (Å²) in [6.45, 7) is 3.82. The lowest BCUT2D eigenvalue weighted by Gasteiger charge is -2.41. The Kier molecular flexibility index (Phi) is 6.28. The van der Waals surface area contributed by atoms with E-state index in [9.17, 15) is 9.59 Å². The number of halogens is 1. The molecule has 1 unspecified atom stereocenters. The fourth-order valence-electron chi connectivity index (χ4n) is 4.05. The third kappa shape index (κ3) is 4.55. The number of nitrogen functional groups attached to an aromatic ring is 1. The molecule has 2 atom stereocenters. The van der Waals surface area contributed by atoms with Gasteiger partial charge in [0.25, 0.3) is 0 Å². The van der Waals surface area contributed by atoms with Crippen molar-refractivity contribution in [2.45, 2.75) is 39.2 Å². The number of benzene rings is 1. The van der Waals surface area contributed by atoms with Crippen molar-refractivity contribution in [3.8, 4) is 6.07 Å². The molecule has 0 saturated heterocycles. The van der Waals surface area contributed by atoms with Gasteiger partial charge in [-0.25, -0.2) is 4.98 Å². The smallest absolute Gasteiger partial charge is 0.248 e. The highest BCUT2D eigenvalue weighted by atomic mass is 35.5. The summed E-state index contributed by atoms with van der Waals surface area (Å²) in [4.78, 5) is 29.0. The first-order valence-electron chi connectivity index (χ1n) is 9.76. The highest BCUT2D eigenvalue weighted by molar-refractivity contribution is 6.31. The van der Waals surface area contributed by atoms with Crippen LogP contribution in [0.25, 0.3) is 0 Å². The summed E-state index contributed by atoms with van der Waals surface area (Å²) in [6.07, 6.45) is 4.73. The number of nitriles is 1. The largest absolute Gasteiger partial charge is 0.397 e. The molecule has 1 aliphatic carbocycles. The highest BCUT2D eigenvalue weighted by Gasteiger charge is 2.43. The zero-order valence-corrected chi connectivity index (χ0v) is 17.7. The van der Waals surface area contributed by atoms with Crippen molar-refractivity contribution in [2.24, 2.45) is 17.6 Å². The molecule has 0 bridgehead atoms. The molecule has 0 spiro atoms. The predicted octanol–water partition coefficient (Wildman–Crippen LogP) is 3.30. The first-order valence-corrected chi connectivity index (χ1v) is 10.1. The van der Waals surface area contributed by atoms with Gasteiger partial charge < -0.3 is 16.4 Å². The minimum absolute atomic E-state index is 0.0847. The SMILES string of the molecule is CC(=O)N1c2ccc(C(N)=O)cc2CC(C)[C@@H]1C1CC1.N#Cc1ncc(N)cc1Cl. The average Bonchev–Trinajstić information content (AvgIpc) is 3.51. The van der Waals surface area contributed by atoms with Crippen molar-refractivity contribution in [1.29, 1.82) is 5.26 Å². The van der Waals surface area contributed by atoms with Crippen molar-refractivity contribution < 1.29 is 9.59 Å². The molecular formula is C22H24ClN5O2. The number of amides is 2. The summed E-state index contributed by atoms with van der Waals surface area (Å²) in [7, 11) is 0. The lowest BCUT2D eigenvalue weighted by atomic mass is 9.83. The Bertz CT molecular complexity index is 1030. The van der Waals surface area contributed by atoms with Gasteiger partial charge in [0.2, 0.25) is 11.8 Å². The molecule has 2 aromatic rings. The summed E-state index contributed by atoms with van der Waals surface area (Å²) < 4.78 is 0. The third-order valence-electron chi connectivity index (χ3n) is 5.46. The van der Waals surface area contributed by atoms with Crippen LogP contribution in [-0.4, -0.2) is 22.8 Å². The van der Waals surface area contributed by atoms with E-state index in [1.54, 1.807) is 13.0 Å². The predicted molar refractivity (Wildman–Crippen MR) is 116 cm³/mol. The van der Waals surface area contributed by atoms with Gasteiger partial charge in [0.05, 0.1) is 16.9 Å². The Morgan fingerprint density at radius 3 is 2.53 bits per heavy atom. The summed E-state index contributed by atoms with van der Waals surface area (Å²) in [5.74, 6) is 0.723. The minimum atomic E-state index is -0.417. The molecule has 1 saturated carbocycles. The van der Waals surface area contributed by atoms with Crippen LogP contribution in [0.1, 0.15) is 48.3 Å². The van der Waals surface area contributed by atoms with Crippen LogP contribution >= 0.6 is 11.6 Å². The van der Waals surface area contributed by atoms with Crippen molar-refractivity contribution in [3.05, 3.63) is 52.3 Å². The molecule has 30 heavy (non-hydrogen) atoms. The number of hydrogen-bond donors (Lipinski definition) is 2. The molecule has 1 fully saturated rings. The van der Waals surface area contributed by atoms with Crippen LogP contribution < -0.4 is 16.4 Å². The number of carbonyl (C=O) groups is 2. The van der Waals surface area contributed by atoms with E-state index in [0.29, 0.717) is 34.2 Å². The fraction of sp³-hybridized carbons (Fsp3) is 0.364. The molecule has 4 N–H and O–H groups in total. The minimum Gasteiger partial charge on any atom is -0.397 e. The third-order valence-corrected chi connectivity index (χ3v) is 5.75. The van der Waals surface area contributed by atoms with E-state index in [0.717, 1.165) is 17.7 Å². The number of aromatic nitrogens is 1. The monoisotopic (exact) mass is 425 g/mol. The lowest BCUT2D eigenvalue weighted by molar-refractivity contribution is -0.117. The fourth-order valence-corrected chi connectivity index (χ4v) is 4.26. The van der Waals surface area contributed by atoms with E-state index in [2.05, 4.69) is 11.9 Å². The second kappa shape index (κ2) is 8.72. The Morgan fingerprint density at radius 1 is 1.30 bits per heavy atom. The van der Waals surface area contributed by atoms with Crippen LogP contribution in [0.3, 0.4) is 0 Å². The van der Waals surface area contributed by atoms with E-state index >= 15 is 0 Å². The number of nitrogens with zero attached hydrogens (tertiary/aromatic N) is 3. The zero-order chi connectivity index (χ0) is 22.0. The second-order valence-electron chi connectivity index (χ2n) is 7.82. The van der Waals surface area contributed by atoms with Gasteiger partial charge in [0, 0.05) is 24.2 Å². The van der Waals surface area contributed by atoms with E-state index in [1.165, 1.54) is 25.1 Å². The topological polar surface area (TPSA) is 126 Å². The van der Waals surface area contributed by atoms with Crippen LogP contribution in [0.15, 0.2) is 30.5 Å². The van der Waals surface area contributed by atoms with Gasteiger partial charge in [-0.05, 0) is 60.9 Å². The van der Waals surface area contributed by atoms with Crippen LogP contribution in [-0.2, 0) is 11.2 Å². The Morgan fingerprint density at radius 2 is 2.00 bits per heavy atom. The molecule has 1 aromatic heterocycles. The zero-order valence-electron chi connectivity index (χ0n) is 16.9.